The van der Waals surface area contributed by atoms with E-state index in [2.05, 4.69) is 15.3 Å². The summed E-state index contributed by atoms with van der Waals surface area (Å²) in [7, 11) is 1.48. The summed E-state index contributed by atoms with van der Waals surface area (Å²) in [5.41, 5.74) is -0.905. The van der Waals surface area contributed by atoms with Gasteiger partial charge in [0.15, 0.2) is 0 Å². The standard InChI is InChI=1S/C24H24FN5O5/c1-24(15-7-9-16(25)10-8-15)22(33)30(23(34)28-24)14-20(31)29(11-12-35-2)13-19-26-18-6-4-3-5-17(18)21(32)27-19/h3-10H,11-14H2,1-2H3,(H,28,34)(H,26,27,32)/t24-/m1/s1. The first-order valence-electron chi connectivity index (χ1n) is 10.9. The maximum Gasteiger partial charge on any atom is 0.325 e. The maximum absolute atomic E-state index is 13.3. The van der Waals surface area contributed by atoms with Crippen LogP contribution in [-0.2, 0) is 26.4 Å². The van der Waals surface area contributed by atoms with Crippen LogP contribution >= 0.6 is 0 Å². The van der Waals surface area contributed by atoms with Crippen LogP contribution in [0.5, 0.6) is 0 Å². The van der Waals surface area contributed by atoms with Crippen LogP contribution in [0.1, 0.15) is 18.3 Å². The van der Waals surface area contributed by atoms with Crippen molar-refractivity contribution >= 4 is 28.7 Å². The molecule has 10 nitrogen and oxygen atoms in total. The number of nitrogens with zero attached hydrogens (tertiary/aromatic N) is 3. The van der Waals surface area contributed by atoms with Gasteiger partial charge < -0.3 is 19.9 Å². The molecule has 2 heterocycles. The topological polar surface area (TPSA) is 125 Å². The highest BCUT2D eigenvalue weighted by Gasteiger charge is 2.49. The largest absolute Gasteiger partial charge is 0.383 e. The molecule has 1 aliphatic heterocycles. The molecule has 1 aromatic heterocycles. The van der Waals surface area contributed by atoms with E-state index in [-0.39, 0.29) is 31.1 Å². The molecule has 35 heavy (non-hydrogen) atoms. The van der Waals surface area contributed by atoms with E-state index in [4.69, 9.17) is 4.74 Å². The Labute approximate surface area is 199 Å². The number of aromatic nitrogens is 2. The van der Waals surface area contributed by atoms with Crippen molar-refractivity contribution in [2.75, 3.05) is 26.8 Å². The fraction of sp³-hybridized carbons (Fsp3) is 0.292. The molecule has 3 aromatic rings. The van der Waals surface area contributed by atoms with Crippen molar-refractivity contribution in [3.63, 3.8) is 0 Å². The van der Waals surface area contributed by atoms with Crippen molar-refractivity contribution in [2.24, 2.45) is 0 Å². The number of ether oxygens (including phenoxy) is 1. The van der Waals surface area contributed by atoms with E-state index in [1.54, 1.807) is 24.3 Å². The van der Waals surface area contributed by atoms with Crippen LogP contribution in [0.15, 0.2) is 53.3 Å². The lowest BCUT2D eigenvalue weighted by Gasteiger charge is -2.25. The molecule has 1 atom stereocenters. The fourth-order valence-electron chi connectivity index (χ4n) is 3.94. The molecule has 4 rings (SSSR count). The van der Waals surface area contributed by atoms with E-state index in [0.717, 1.165) is 4.90 Å². The smallest absolute Gasteiger partial charge is 0.325 e. The van der Waals surface area contributed by atoms with Gasteiger partial charge in [-0.15, -0.1) is 0 Å². The lowest BCUT2D eigenvalue weighted by Crippen LogP contribution is -2.45. The minimum Gasteiger partial charge on any atom is -0.383 e. The van der Waals surface area contributed by atoms with Crippen molar-refractivity contribution in [3.8, 4) is 0 Å². The van der Waals surface area contributed by atoms with Crippen LogP contribution in [0.2, 0.25) is 0 Å². The van der Waals surface area contributed by atoms with E-state index in [1.165, 1.54) is 43.2 Å². The number of para-hydroxylation sites is 1. The van der Waals surface area contributed by atoms with Gasteiger partial charge in [-0.05, 0) is 36.8 Å². The number of carbonyl (C=O) groups excluding carboxylic acids is 3. The number of hydrogen-bond acceptors (Lipinski definition) is 6. The van der Waals surface area contributed by atoms with Crippen molar-refractivity contribution in [3.05, 3.63) is 76.1 Å². The SMILES string of the molecule is COCCN(Cc1nc2ccccc2c(=O)[nH]1)C(=O)CN1C(=O)N[C@](C)(c2ccc(F)cc2)C1=O. The lowest BCUT2D eigenvalue weighted by atomic mass is 9.92. The molecule has 0 aliphatic carbocycles. The summed E-state index contributed by atoms with van der Waals surface area (Å²) in [4.78, 5) is 60.6. The van der Waals surface area contributed by atoms with Crippen LogP contribution in [-0.4, -0.2) is 64.4 Å². The third-order valence-corrected chi connectivity index (χ3v) is 5.91. The number of methoxy groups -OCH3 is 1. The average Bonchev–Trinajstić information content (AvgIpc) is 3.05. The molecule has 182 valence electrons. The second kappa shape index (κ2) is 9.63. The molecule has 0 bridgehead atoms. The molecule has 2 aromatic carbocycles. The van der Waals surface area contributed by atoms with Gasteiger partial charge >= 0.3 is 6.03 Å². The minimum atomic E-state index is -1.44. The highest BCUT2D eigenvalue weighted by atomic mass is 19.1. The Bertz CT molecular complexity index is 1340. The van der Waals surface area contributed by atoms with Gasteiger partial charge in [-0.25, -0.2) is 14.2 Å². The van der Waals surface area contributed by atoms with E-state index in [0.29, 0.717) is 16.5 Å². The number of aromatic amines is 1. The summed E-state index contributed by atoms with van der Waals surface area (Å²) in [5, 5.41) is 3.01. The van der Waals surface area contributed by atoms with Gasteiger partial charge in [0, 0.05) is 13.7 Å². The third-order valence-electron chi connectivity index (χ3n) is 5.91. The van der Waals surface area contributed by atoms with Crippen LogP contribution < -0.4 is 10.9 Å². The minimum absolute atomic E-state index is 0.0544. The number of hydrogen-bond donors (Lipinski definition) is 2. The van der Waals surface area contributed by atoms with Crippen molar-refractivity contribution in [2.45, 2.75) is 19.0 Å². The molecule has 0 saturated carbocycles. The molecular formula is C24H24FN5O5. The Kier molecular flexibility index (Phi) is 6.61. The third kappa shape index (κ3) is 4.76. The molecule has 0 unspecified atom stereocenters. The summed E-state index contributed by atoms with van der Waals surface area (Å²) < 4.78 is 18.4. The van der Waals surface area contributed by atoms with Crippen LogP contribution in [0, 0.1) is 5.82 Å². The second-order valence-corrected chi connectivity index (χ2v) is 8.29. The highest BCUT2D eigenvalue weighted by molar-refractivity contribution is 6.09. The molecule has 1 saturated heterocycles. The molecular weight excluding hydrogens is 457 g/mol. The Morgan fingerprint density at radius 1 is 1.14 bits per heavy atom. The van der Waals surface area contributed by atoms with Gasteiger partial charge in [-0.2, -0.15) is 0 Å². The summed E-state index contributed by atoms with van der Waals surface area (Å²) in [6.45, 7) is 1.25. The molecule has 1 fully saturated rings. The number of amides is 4. The average molecular weight is 481 g/mol. The predicted molar refractivity (Wildman–Crippen MR) is 124 cm³/mol. The Balaban J connectivity index is 1.54. The Hall–Kier alpha value is -4.12. The number of imide groups is 1. The Morgan fingerprint density at radius 3 is 2.57 bits per heavy atom. The zero-order chi connectivity index (χ0) is 25.2. The summed E-state index contributed by atoms with van der Waals surface area (Å²) in [6, 6.07) is 11.3. The first kappa shape index (κ1) is 24.0. The monoisotopic (exact) mass is 481 g/mol. The van der Waals surface area contributed by atoms with E-state index >= 15 is 0 Å². The van der Waals surface area contributed by atoms with Gasteiger partial charge in [0.1, 0.15) is 23.7 Å². The maximum atomic E-state index is 13.3. The number of fused-ring (bicyclic) bond motifs is 1. The van der Waals surface area contributed by atoms with Crippen molar-refractivity contribution in [1.29, 1.82) is 0 Å². The first-order valence-corrected chi connectivity index (χ1v) is 10.9. The Morgan fingerprint density at radius 2 is 1.86 bits per heavy atom. The summed E-state index contributed by atoms with van der Waals surface area (Å²) >= 11 is 0. The van der Waals surface area contributed by atoms with Gasteiger partial charge in [0.25, 0.3) is 11.5 Å². The van der Waals surface area contributed by atoms with Crippen LogP contribution in [0.3, 0.4) is 0 Å². The number of rotatable bonds is 8. The van der Waals surface area contributed by atoms with Crippen LogP contribution in [0.25, 0.3) is 10.9 Å². The van der Waals surface area contributed by atoms with Crippen LogP contribution in [0.4, 0.5) is 9.18 Å². The first-order chi connectivity index (χ1) is 16.7. The number of carbonyl (C=O) groups is 3. The fourth-order valence-corrected chi connectivity index (χ4v) is 3.94. The van der Waals surface area contributed by atoms with E-state index in [1.807, 2.05) is 0 Å². The molecule has 11 heteroatoms. The summed E-state index contributed by atoms with van der Waals surface area (Å²) in [6.07, 6.45) is 0. The number of urea groups is 1. The predicted octanol–water partition coefficient (Wildman–Crippen LogP) is 1.50. The molecule has 0 spiro atoms. The molecule has 2 N–H and O–H groups in total. The number of halogens is 1. The molecule has 1 aliphatic rings. The van der Waals surface area contributed by atoms with E-state index in [9.17, 15) is 23.6 Å². The zero-order valence-corrected chi connectivity index (χ0v) is 19.2. The van der Waals surface area contributed by atoms with Gasteiger partial charge in [0.2, 0.25) is 5.91 Å². The number of benzene rings is 2. The normalized spacial score (nSPS) is 17.6. The second-order valence-electron chi connectivity index (χ2n) is 8.29. The lowest BCUT2D eigenvalue weighted by molar-refractivity contribution is -0.139. The molecule has 4 amide bonds. The number of nitrogens with one attached hydrogen (secondary N) is 2. The van der Waals surface area contributed by atoms with Gasteiger partial charge in [0.05, 0.1) is 24.1 Å². The highest BCUT2D eigenvalue weighted by Crippen LogP contribution is 2.29. The van der Waals surface area contributed by atoms with Gasteiger partial charge in [-0.3, -0.25) is 19.3 Å². The van der Waals surface area contributed by atoms with Gasteiger partial charge in [-0.1, -0.05) is 24.3 Å². The van der Waals surface area contributed by atoms with E-state index < -0.39 is 35.7 Å². The zero-order valence-electron chi connectivity index (χ0n) is 19.2. The summed E-state index contributed by atoms with van der Waals surface area (Å²) in [5.74, 6) is -1.39. The molecule has 0 radical (unpaired) electrons. The van der Waals surface area contributed by atoms with Crippen molar-refractivity contribution < 1.29 is 23.5 Å². The quantitative estimate of drug-likeness (QED) is 0.470. The van der Waals surface area contributed by atoms with Crippen molar-refractivity contribution in [1.82, 2.24) is 25.1 Å². The number of H-pyrrole nitrogens is 1.